The average molecular weight is 338 g/mol. The maximum absolute atomic E-state index is 12.4. The predicted octanol–water partition coefficient (Wildman–Crippen LogP) is -1.20. The molecule has 0 bridgehead atoms. The van der Waals surface area contributed by atoms with Gasteiger partial charge in [-0.3, -0.25) is 9.59 Å². The second kappa shape index (κ2) is 6.79. The Hall–Kier alpha value is -1.48. The summed E-state index contributed by atoms with van der Waals surface area (Å²) in [6.07, 6.45) is 3.17. The predicted molar refractivity (Wildman–Crippen MR) is 81.3 cm³/mol. The van der Waals surface area contributed by atoms with E-state index in [2.05, 4.69) is 0 Å². The summed E-state index contributed by atoms with van der Waals surface area (Å²) in [5.74, 6) is -0.362. The average Bonchev–Trinajstić information content (AvgIpc) is 3.40. The standard InChI is InChI=1S/C16H22N2O6/c19-15(17(3-11-7-21-11)4-12-8-22-12)1-2-16(20)18(5-13-9-23-13)6-14-10-24-14/h1-2,11-14H,3-10H2/b2-1+. The molecule has 0 aliphatic carbocycles. The Morgan fingerprint density at radius 3 is 1.12 bits per heavy atom. The topological polar surface area (TPSA) is 90.7 Å². The zero-order valence-electron chi connectivity index (χ0n) is 13.5. The Morgan fingerprint density at radius 1 is 0.667 bits per heavy atom. The van der Waals surface area contributed by atoms with Gasteiger partial charge in [-0.05, 0) is 0 Å². The lowest BCUT2D eigenvalue weighted by Crippen LogP contribution is -2.38. The molecule has 0 saturated carbocycles. The van der Waals surface area contributed by atoms with Crippen molar-refractivity contribution in [3.63, 3.8) is 0 Å². The number of carbonyl (C=O) groups is 2. The molecule has 0 N–H and O–H groups in total. The van der Waals surface area contributed by atoms with E-state index in [4.69, 9.17) is 18.9 Å². The lowest BCUT2D eigenvalue weighted by atomic mass is 10.3. The molecule has 4 fully saturated rings. The highest BCUT2D eigenvalue weighted by atomic mass is 16.6. The normalized spacial score (nSPS) is 32.5. The third-order valence-corrected chi connectivity index (χ3v) is 4.30. The summed E-state index contributed by atoms with van der Waals surface area (Å²) in [7, 11) is 0. The van der Waals surface area contributed by atoms with Crippen LogP contribution in [0.2, 0.25) is 0 Å². The molecule has 4 aliphatic heterocycles. The zero-order valence-corrected chi connectivity index (χ0v) is 13.5. The molecule has 8 nitrogen and oxygen atoms in total. The van der Waals surface area contributed by atoms with Crippen molar-refractivity contribution < 1.29 is 28.5 Å². The third-order valence-electron chi connectivity index (χ3n) is 4.30. The molecule has 0 aromatic carbocycles. The van der Waals surface area contributed by atoms with Gasteiger partial charge in [0.15, 0.2) is 0 Å². The van der Waals surface area contributed by atoms with Crippen LogP contribution in [0.3, 0.4) is 0 Å². The van der Waals surface area contributed by atoms with Gasteiger partial charge in [-0.1, -0.05) is 0 Å². The molecule has 4 atom stereocenters. The molecule has 4 rings (SSSR count). The van der Waals surface area contributed by atoms with Crippen LogP contribution in [0.5, 0.6) is 0 Å². The minimum Gasteiger partial charge on any atom is -0.371 e. The van der Waals surface area contributed by atoms with Gasteiger partial charge in [-0.2, -0.15) is 0 Å². The van der Waals surface area contributed by atoms with E-state index in [0.717, 1.165) is 0 Å². The number of carbonyl (C=O) groups excluding carboxylic acids is 2. The summed E-state index contributed by atoms with van der Waals surface area (Å²) in [4.78, 5) is 28.1. The lowest BCUT2D eigenvalue weighted by molar-refractivity contribution is -0.128. The zero-order chi connectivity index (χ0) is 16.5. The monoisotopic (exact) mass is 338 g/mol. The van der Waals surface area contributed by atoms with Gasteiger partial charge in [0.05, 0.1) is 50.8 Å². The Labute approximate surface area is 140 Å². The van der Waals surface area contributed by atoms with E-state index in [1.54, 1.807) is 9.80 Å². The van der Waals surface area contributed by atoms with Gasteiger partial charge in [-0.25, -0.2) is 0 Å². The fourth-order valence-electron chi connectivity index (χ4n) is 2.54. The van der Waals surface area contributed by atoms with Crippen LogP contribution in [0.4, 0.5) is 0 Å². The number of hydrogen-bond donors (Lipinski definition) is 0. The van der Waals surface area contributed by atoms with Gasteiger partial charge < -0.3 is 28.7 Å². The quantitative estimate of drug-likeness (QED) is 0.367. The van der Waals surface area contributed by atoms with Gasteiger partial charge >= 0.3 is 0 Å². The van der Waals surface area contributed by atoms with Gasteiger partial charge in [-0.15, -0.1) is 0 Å². The van der Waals surface area contributed by atoms with E-state index in [1.165, 1.54) is 12.2 Å². The second-order valence-corrected chi connectivity index (χ2v) is 6.64. The number of amides is 2. The fraction of sp³-hybridized carbons (Fsp3) is 0.750. The van der Waals surface area contributed by atoms with E-state index in [1.807, 2.05) is 0 Å². The molecule has 2 amide bonds. The summed E-state index contributed by atoms with van der Waals surface area (Å²) < 4.78 is 20.8. The van der Waals surface area contributed by atoms with Crippen LogP contribution >= 0.6 is 0 Å². The molecule has 0 aromatic rings. The first kappa shape index (κ1) is 16.0. The first-order valence-electron chi connectivity index (χ1n) is 8.39. The number of hydrogen-bond acceptors (Lipinski definition) is 6. The van der Waals surface area contributed by atoms with E-state index >= 15 is 0 Å². The first-order chi connectivity index (χ1) is 11.7. The van der Waals surface area contributed by atoms with Crippen LogP contribution < -0.4 is 0 Å². The van der Waals surface area contributed by atoms with Crippen molar-refractivity contribution in [3.8, 4) is 0 Å². The summed E-state index contributed by atoms with van der Waals surface area (Å²) in [5.41, 5.74) is 0. The van der Waals surface area contributed by atoms with Crippen LogP contribution in [0, 0.1) is 0 Å². The van der Waals surface area contributed by atoms with E-state index in [0.29, 0.717) is 52.6 Å². The van der Waals surface area contributed by atoms with Crippen molar-refractivity contribution in [1.82, 2.24) is 9.80 Å². The molecule has 0 radical (unpaired) electrons. The molecule has 132 valence electrons. The van der Waals surface area contributed by atoms with Crippen molar-refractivity contribution >= 4 is 11.8 Å². The van der Waals surface area contributed by atoms with Gasteiger partial charge in [0, 0.05) is 38.3 Å². The highest BCUT2D eigenvalue weighted by Crippen LogP contribution is 2.17. The van der Waals surface area contributed by atoms with E-state index < -0.39 is 0 Å². The van der Waals surface area contributed by atoms with E-state index in [9.17, 15) is 9.59 Å². The van der Waals surface area contributed by atoms with Crippen LogP contribution in [-0.2, 0) is 28.5 Å². The number of ether oxygens (including phenoxy) is 4. The Kier molecular flexibility index (Phi) is 4.53. The number of epoxide rings is 4. The highest BCUT2D eigenvalue weighted by Gasteiger charge is 2.34. The summed E-state index contributed by atoms with van der Waals surface area (Å²) in [6.45, 7) is 4.95. The Morgan fingerprint density at radius 2 is 0.917 bits per heavy atom. The van der Waals surface area contributed by atoms with Crippen LogP contribution in [0.25, 0.3) is 0 Å². The molecular weight excluding hydrogens is 316 g/mol. The number of rotatable bonds is 10. The first-order valence-corrected chi connectivity index (χ1v) is 8.39. The number of nitrogens with zero attached hydrogens (tertiary/aromatic N) is 2. The van der Waals surface area contributed by atoms with Crippen LogP contribution in [0.1, 0.15) is 0 Å². The highest BCUT2D eigenvalue weighted by molar-refractivity contribution is 5.96. The molecule has 4 aliphatic rings. The smallest absolute Gasteiger partial charge is 0.246 e. The largest absolute Gasteiger partial charge is 0.371 e. The molecule has 24 heavy (non-hydrogen) atoms. The summed E-state index contributed by atoms with van der Waals surface area (Å²) in [6, 6.07) is 0. The summed E-state index contributed by atoms with van der Waals surface area (Å²) in [5, 5.41) is 0. The van der Waals surface area contributed by atoms with Crippen LogP contribution in [0.15, 0.2) is 12.2 Å². The van der Waals surface area contributed by atoms with Gasteiger partial charge in [0.2, 0.25) is 11.8 Å². The van der Waals surface area contributed by atoms with Crippen molar-refractivity contribution in [3.05, 3.63) is 12.2 Å². The second-order valence-electron chi connectivity index (χ2n) is 6.64. The molecule has 0 spiro atoms. The van der Waals surface area contributed by atoms with E-state index in [-0.39, 0.29) is 36.2 Å². The molecular formula is C16H22N2O6. The van der Waals surface area contributed by atoms with Crippen molar-refractivity contribution in [1.29, 1.82) is 0 Å². The maximum Gasteiger partial charge on any atom is 0.246 e. The lowest BCUT2D eigenvalue weighted by Gasteiger charge is -2.20. The molecule has 0 aromatic heterocycles. The van der Waals surface area contributed by atoms with Crippen molar-refractivity contribution in [2.75, 3.05) is 52.6 Å². The van der Waals surface area contributed by atoms with Crippen molar-refractivity contribution in [2.45, 2.75) is 24.4 Å². The SMILES string of the molecule is O=C(/C=C/C(=O)N(CC1CO1)CC1CO1)N(CC1CO1)CC1CO1. The fourth-order valence-corrected chi connectivity index (χ4v) is 2.54. The molecule has 4 saturated heterocycles. The molecule has 4 unspecified atom stereocenters. The summed E-state index contributed by atoms with van der Waals surface area (Å²) >= 11 is 0. The van der Waals surface area contributed by atoms with Gasteiger partial charge in [0.1, 0.15) is 0 Å². The van der Waals surface area contributed by atoms with Crippen molar-refractivity contribution in [2.24, 2.45) is 0 Å². The van der Waals surface area contributed by atoms with Crippen LogP contribution in [-0.4, -0.2) is 98.6 Å². The molecule has 4 heterocycles. The Bertz CT molecular complexity index is 449. The minimum atomic E-state index is -0.181. The minimum absolute atomic E-state index is 0.118. The molecule has 8 heteroatoms. The van der Waals surface area contributed by atoms with Gasteiger partial charge in [0.25, 0.3) is 0 Å². The maximum atomic E-state index is 12.4. The Balaban J connectivity index is 1.31. The third kappa shape index (κ3) is 5.01.